The van der Waals surface area contributed by atoms with Gasteiger partial charge < -0.3 is 14.9 Å². The van der Waals surface area contributed by atoms with Gasteiger partial charge in [0.15, 0.2) is 5.78 Å². The van der Waals surface area contributed by atoms with Crippen molar-refractivity contribution in [3.05, 3.63) is 45.1 Å². The Morgan fingerprint density at radius 2 is 1.93 bits per heavy atom. The number of ether oxygens (including phenoxy) is 1. The van der Waals surface area contributed by atoms with E-state index in [0.717, 1.165) is 6.07 Å². The largest absolute Gasteiger partial charge is 0.508 e. The number of carbonyl (C=O) groups excluding carboxylic acids is 2. The number of nitrogens with zero attached hydrogens (tertiary/aromatic N) is 1. The van der Waals surface area contributed by atoms with Crippen molar-refractivity contribution < 1.29 is 29.4 Å². The van der Waals surface area contributed by atoms with Crippen LogP contribution in [-0.2, 0) is 27.2 Å². The summed E-state index contributed by atoms with van der Waals surface area (Å²) in [7, 11) is 1.52. The fourth-order valence-electron chi connectivity index (χ4n) is 2.96. The molecular weight excluding hydrogens is 382 g/mol. The minimum absolute atomic E-state index is 0.0320. The second-order valence-electron chi connectivity index (χ2n) is 6.02. The monoisotopic (exact) mass is 407 g/mol. The molecule has 0 bridgehead atoms. The first kappa shape index (κ1) is 21.9. The summed E-state index contributed by atoms with van der Waals surface area (Å²) in [5.74, 6) is -1.29. The average molecular weight is 407 g/mol. The van der Waals surface area contributed by atoms with Crippen LogP contribution in [0.25, 0.3) is 0 Å². The lowest BCUT2D eigenvalue weighted by Crippen LogP contribution is -2.35. The molecule has 28 heavy (non-hydrogen) atoms. The van der Waals surface area contributed by atoms with Crippen LogP contribution < -0.4 is 0 Å². The topological polar surface area (TPSA) is 96.3 Å². The molecular formula is C20H25NO6S. The van der Waals surface area contributed by atoms with E-state index in [0.29, 0.717) is 36.3 Å². The van der Waals surface area contributed by atoms with Crippen molar-refractivity contribution in [3.8, 4) is 11.5 Å². The van der Waals surface area contributed by atoms with Gasteiger partial charge in [0.05, 0.1) is 31.7 Å². The number of hydrogen-bond acceptors (Lipinski definition) is 7. The van der Waals surface area contributed by atoms with Crippen molar-refractivity contribution >= 4 is 23.0 Å². The highest BCUT2D eigenvalue weighted by atomic mass is 32.1. The van der Waals surface area contributed by atoms with Crippen molar-refractivity contribution in [2.45, 2.75) is 26.7 Å². The molecule has 152 valence electrons. The van der Waals surface area contributed by atoms with Gasteiger partial charge in [-0.2, -0.15) is 11.3 Å². The van der Waals surface area contributed by atoms with Crippen molar-refractivity contribution in [1.82, 2.24) is 5.06 Å². The molecule has 8 heteroatoms. The number of phenols is 2. The molecule has 0 aliphatic heterocycles. The maximum Gasteiger partial charge on any atom is 0.250 e. The third-order valence-electron chi connectivity index (χ3n) is 4.26. The van der Waals surface area contributed by atoms with Crippen LogP contribution in [0.5, 0.6) is 11.5 Å². The predicted molar refractivity (Wildman–Crippen MR) is 106 cm³/mol. The number of phenolic OH excluding ortho intramolecular Hbond substituents is 2. The molecule has 1 aromatic heterocycles. The van der Waals surface area contributed by atoms with Crippen LogP contribution in [0.3, 0.4) is 0 Å². The maximum atomic E-state index is 13.0. The Kier molecular flexibility index (Phi) is 7.98. The van der Waals surface area contributed by atoms with E-state index in [2.05, 4.69) is 0 Å². The predicted octanol–water partition coefficient (Wildman–Crippen LogP) is 2.92. The summed E-state index contributed by atoms with van der Waals surface area (Å²) in [4.78, 5) is 31.2. The van der Waals surface area contributed by atoms with E-state index in [1.807, 2.05) is 6.92 Å². The summed E-state index contributed by atoms with van der Waals surface area (Å²) in [5, 5.41) is 25.3. The molecule has 1 aromatic carbocycles. The minimum Gasteiger partial charge on any atom is -0.508 e. The van der Waals surface area contributed by atoms with Gasteiger partial charge >= 0.3 is 0 Å². The Balaban J connectivity index is 2.48. The van der Waals surface area contributed by atoms with Crippen LogP contribution in [-0.4, -0.2) is 53.8 Å². The Morgan fingerprint density at radius 1 is 1.18 bits per heavy atom. The SMILES string of the molecule is CCON(CCOC)C(=O)Cc1c(CC)c(O)cc(O)c1C(=O)c1ccsc1. The van der Waals surface area contributed by atoms with Crippen LogP contribution in [0.2, 0.25) is 0 Å². The third kappa shape index (κ3) is 4.89. The zero-order valence-electron chi connectivity index (χ0n) is 16.2. The number of benzene rings is 1. The van der Waals surface area contributed by atoms with Crippen LogP contribution >= 0.6 is 11.3 Å². The third-order valence-corrected chi connectivity index (χ3v) is 4.94. The van der Waals surface area contributed by atoms with Crippen LogP contribution in [0.15, 0.2) is 22.9 Å². The van der Waals surface area contributed by atoms with E-state index in [1.54, 1.807) is 23.8 Å². The van der Waals surface area contributed by atoms with Crippen LogP contribution in [0.1, 0.15) is 40.9 Å². The van der Waals surface area contributed by atoms with Gasteiger partial charge in [-0.15, -0.1) is 0 Å². The summed E-state index contributed by atoms with van der Waals surface area (Å²) in [6.07, 6.45) is 0.200. The maximum absolute atomic E-state index is 13.0. The number of ketones is 1. The summed E-state index contributed by atoms with van der Waals surface area (Å²) in [6, 6.07) is 2.80. The van der Waals surface area contributed by atoms with E-state index < -0.39 is 11.7 Å². The second kappa shape index (κ2) is 10.2. The number of amides is 1. The lowest BCUT2D eigenvalue weighted by Gasteiger charge is -2.23. The number of methoxy groups -OCH3 is 1. The molecule has 0 saturated heterocycles. The molecule has 2 rings (SSSR count). The van der Waals surface area contributed by atoms with Gasteiger partial charge in [0.1, 0.15) is 11.5 Å². The standard InChI is InChI=1S/C20H25NO6S/c1-4-14-15(10-18(24)21(27-5-2)7-8-26-3)19(17(23)11-16(14)22)20(25)13-6-9-28-12-13/h6,9,11-12,22-23H,4-5,7-8,10H2,1-3H3. The van der Waals surface area contributed by atoms with Gasteiger partial charge in [0, 0.05) is 24.1 Å². The van der Waals surface area contributed by atoms with Gasteiger partial charge in [0.25, 0.3) is 5.91 Å². The second-order valence-corrected chi connectivity index (χ2v) is 6.80. The molecule has 0 aliphatic rings. The summed E-state index contributed by atoms with van der Waals surface area (Å²) >= 11 is 1.36. The summed E-state index contributed by atoms with van der Waals surface area (Å²) in [6.45, 7) is 4.38. The Bertz CT molecular complexity index is 819. The van der Waals surface area contributed by atoms with Crippen molar-refractivity contribution in [3.63, 3.8) is 0 Å². The number of hydroxylamine groups is 2. The molecule has 0 fully saturated rings. The Morgan fingerprint density at radius 3 is 2.50 bits per heavy atom. The fraction of sp³-hybridized carbons (Fsp3) is 0.400. The van der Waals surface area contributed by atoms with E-state index in [9.17, 15) is 19.8 Å². The molecule has 0 atom stereocenters. The highest BCUT2D eigenvalue weighted by Gasteiger charge is 2.26. The van der Waals surface area contributed by atoms with Gasteiger partial charge in [-0.3, -0.25) is 14.4 Å². The Hall–Kier alpha value is -2.42. The van der Waals surface area contributed by atoms with Gasteiger partial charge in [-0.05, 0) is 35.9 Å². The lowest BCUT2D eigenvalue weighted by atomic mass is 9.90. The molecule has 1 amide bonds. The Labute approximate surface area is 168 Å². The number of rotatable bonds is 10. The van der Waals surface area contributed by atoms with Crippen molar-refractivity contribution in [2.24, 2.45) is 0 Å². The highest BCUT2D eigenvalue weighted by Crippen LogP contribution is 2.35. The number of carbonyl (C=O) groups is 2. The first-order valence-corrected chi connectivity index (χ1v) is 9.94. The molecule has 7 nitrogen and oxygen atoms in total. The van der Waals surface area contributed by atoms with Gasteiger partial charge in [0.2, 0.25) is 0 Å². The zero-order valence-corrected chi connectivity index (χ0v) is 17.0. The zero-order chi connectivity index (χ0) is 20.7. The van der Waals surface area contributed by atoms with E-state index in [-0.39, 0.29) is 30.0 Å². The normalized spacial score (nSPS) is 10.8. The molecule has 1 heterocycles. The molecule has 0 saturated carbocycles. The van der Waals surface area contributed by atoms with E-state index >= 15 is 0 Å². The number of hydrogen-bond donors (Lipinski definition) is 2. The van der Waals surface area contributed by atoms with Crippen LogP contribution in [0, 0.1) is 0 Å². The molecule has 0 spiro atoms. The van der Waals surface area contributed by atoms with E-state index in [4.69, 9.17) is 9.57 Å². The first-order valence-electron chi connectivity index (χ1n) is 9.00. The number of aromatic hydroxyl groups is 2. The summed E-state index contributed by atoms with van der Waals surface area (Å²) in [5.41, 5.74) is 1.21. The van der Waals surface area contributed by atoms with E-state index in [1.165, 1.54) is 23.5 Å². The lowest BCUT2D eigenvalue weighted by molar-refractivity contribution is -0.186. The quantitative estimate of drug-likeness (QED) is 0.464. The minimum atomic E-state index is -0.392. The highest BCUT2D eigenvalue weighted by molar-refractivity contribution is 7.08. The molecule has 2 aromatic rings. The van der Waals surface area contributed by atoms with Crippen LogP contribution in [0.4, 0.5) is 0 Å². The average Bonchev–Trinajstić information content (AvgIpc) is 3.19. The molecule has 0 radical (unpaired) electrons. The van der Waals surface area contributed by atoms with Crippen molar-refractivity contribution in [2.75, 3.05) is 26.9 Å². The van der Waals surface area contributed by atoms with Gasteiger partial charge in [-0.1, -0.05) is 6.92 Å². The molecule has 2 N–H and O–H groups in total. The van der Waals surface area contributed by atoms with Gasteiger partial charge in [-0.25, -0.2) is 5.06 Å². The smallest absolute Gasteiger partial charge is 0.250 e. The fourth-order valence-corrected chi connectivity index (χ4v) is 3.60. The summed E-state index contributed by atoms with van der Waals surface area (Å²) < 4.78 is 5.01. The molecule has 0 unspecified atom stereocenters. The van der Waals surface area contributed by atoms with Crippen molar-refractivity contribution in [1.29, 1.82) is 0 Å². The first-order chi connectivity index (χ1) is 13.4. The molecule has 0 aliphatic carbocycles. The number of thiophene rings is 1.